The van der Waals surface area contributed by atoms with Gasteiger partial charge in [-0.1, -0.05) is 0 Å². The molecule has 0 spiro atoms. The molecule has 1 aromatic rings. The number of hydrogen-bond donors (Lipinski definition) is 2. The zero-order chi connectivity index (χ0) is 14.4. The second kappa shape index (κ2) is 7.19. The van der Waals surface area contributed by atoms with E-state index in [2.05, 4.69) is 15.6 Å². The summed E-state index contributed by atoms with van der Waals surface area (Å²) in [7, 11) is 0. The molecule has 0 radical (unpaired) electrons. The maximum Gasteiger partial charge on any atom is 0.254 e. The fourth-order valence-corrected chi connectivity index (χ4v) is 2.18. The Morgan fingerprint density at radius 2 is 2.40 bits per heavy atom. The van der Waals surface area contributed by atoms with Crippen LogP contribution >= 0.6 is 0 Å². The summed E-state index contributed by atoms with van der Waals surface area (Å²) in [6, 6.07) is 1.38. The number of carbonyl (C=O) groups is 1. The lowest BCUT2D eigenvalue weighted by molar-refractivity contribution is 0.0168. The molecule has 1 aliphatic heterocycles. The van der Waals surface area contributed by atoms with Gasteiger partial charge in [-0.25, -0.2) is 9.37 Å². The zero-order valence-electron chi connectivity index (χ0n) is 11.6. The lowest BCUT2D eigenvalue weighted by Crippen LogP contribution is -2.35. The van der Waals surface area contributed by atoms with Crippen molar-refractivity contribution in [3.8, 4) is 0 Å². The lowest BCUT2D eigenvalue weighted by Gasteiger charge is -2.22. The monoisotopic (exact) mass is 281 g/mol. The molecule has 1 aliphatic rings. The first-order chi connectivity index (χ1) is 9.72. The van der Waals surface area contributed by atoms with Gasteiger partial charge in [-0.15, -0.1) is 0 Å². The number of pyridine rings is 1. The van der Waals surface area contributed by atoms with Gasteiger partial charge in [-0.2, -0.15) is 0 Å². The van der Waals surface area contributed by atoms with Gasteiger partial charge in [0.2, 0.25) is 0 Å². The summed E-state index contributed by atoms with van der Waals surface area (Å²) in [5, 5.41) is 5.51. The highest BCUT2D eigenvalue weighted by Gasteiger charge is 2.18. The van der Waals surface area contributed by atoms with E-state index in [0.717, 1.165) is 25.9 Å². The van der Waals surface area contributed by atoms with Crippen LogP contribution in [0, 0.1) is 5.82 Å². The number of nitrogens with zero attached hydrogens (tertiary/aromatic N) is 1. The predicted octanol–water partition coefficient (Wildman–Crippen LogP) is 1.95. The molecule has 1 atom stereocenters. The number of ether oxygens (including phenoxy) is 1. The third-order valence-corrected chi connectivity index (χ3v) is 3.24. The molecule has 2 rings (SSSR count). The first-order valence-electron chi connectivity index (χ1n) is 7.00. The van der Waals surface area contributed by atoms with Crippen molar-refractivity contribution in [3.63, 3.8) is 0 Å². The molecule has 0 bridgehead atoms. The minimum absolute atomic E-state index is 0.00626. The van der Waals surface area contributed by atoms with Crippen LogP contribution in [-0.2, 0) is 4.74 Å². The highest BCUT2D eigenvalue weighted by atomic mass is 19.1. The number of halogens is 1. The number of anilines is 1. The van der Waals surface area contributed by atoms with E-state index < -0.39 is 11.7 Å². The second-order valence-electron chi connectivity index (χ2n) is 4.75. The quantitative estimate of drug-likeness (QED) is 0.866. The van der Waals surface area contributed by atoms with E-state index >= 15 is 0 Å². The fraction of sp³-hybridized carbons (Fsp3) is 0.571. The van der Waals surface area contributed by atoms with Crippen molar-refractivity contribution in [2.75, 3.05) is 25.0 Å². The van der Waals surface area contributed by atoms with Crippen molar-refractivity contribution in [1.29, 1.82) is 0 Å². The van der Waals surface area contributed by atoms with Gasteiger partial charge in [0.1, 0.15) is 0 Å². The Bertz CT molecular complexity index is 462. The van der Waals surface area contributed by atoms with Crippen LogP contribution < -0.4 is 10.6 Å². The van der Waals surface area contributed by atoms with Crippen LogP contribution in [0.25, 0.3) is 0 Å². The summed E-state index contributed by atoms with van der Waals surface area (Å²) >= 11 is 0. The molecule has 0 saturated carbocycles. The van der Waals surface area contributed by atoms with Crippen LogP contribution in [0.2, 0.25) is 0 Å². The molecule has 6 heteroatoms. The van der Waals surface area contributed by atoms with E-state index in [4.69, 9.17) is 4.74 Å². The first kappa shape index (κ1) is 14.7. The molecule has 1 fully saturated rings. The highest BCUT2D eigenvalue weighted by Crippen LogP contribution is 2.15. The Kier molecular flexibility index (Phi) is 5.29. The van der Waals surface area contributed by atoms with E-state index in [1.807, 2.05) is 6.92 Å². The van der Waals surface area contributed by atoms with Gasteiger partial charge >= 0.3 is 0 Å². The van der Waals surface area contributed by atoms with Crippen molar-refractivity contribution >= 4 is 11.7 Å². The predicted molar refractivity (Wildman–Crippen MR) is 74.3 cm³/mol. The van der Waals surface area contributed by atoms with Gasteiger partial charge in [0, 0.05) is 25.9 Å². The molecule has 20 heavy (non-hydrogen) atoms. The number of amides is 1. The average molecular weight is 281 g/mol. The maximum atomic E-state index is 14.1. The van der Waals surface area contributed by atoms with E-state index in [-0.39, 0.29) is 17.5 Å². The fourth-order valence-electron chi connectivity index (χ4n) is 2.18. The van der Waals surface area contributed by atoms with E-state index in [9.17, 15) is 9.18 Å². The maximum absolute atomic E-state index is 14.1. The second-order valence-corrected chi connectivity index (χ2v) is 4.75. The van der Waals surface area contributed by atoms with E-state index in [0.29, 0.717) is 13.1 Å². The molecule has 110 valence electrons. The Labute approximate surface area is 117 Å². The third-order valence-electron chi connectivity index (χ3n) is 3.24. The van der Waals surface area contributed by atoms with Crippen molar-refractivity contribution in [2.24, 2.45) is 0 Å². The summed E-state index contributed by atoms with van der Waals surface area (Å²) in [6.45, 7) is 3.53. The number of nitrogens with one attached hydrogen (secondary N) is 2. The molecule has 0 aromatic carbocycles. The van der Waals surface area contributed by atoms with E-state index in [1.54, 1.807) is 0 Å². The number of aromatic nitrogens is 1. The molecule has 1 aromatic heterocycles. The third kappa shape index (κ3) is 3.66. The molecule has 1 unspecified atom stereocenters. The van der Waals surface area contributed by atoms with E-state index in [1.165, 1.54) is 12.3 Å². The summed E-state index contributed by atoms with van der Waals surface area (Å²) < 4.78 is 19.6. The first-order valence-corrected chi connectivity index (χ1v) is 7.00. The summed E-state index contributed by atoms with van der Waals surface area (Å²) in [5.74, 6) is -0.941. The van der Waals surface area contributed by atoms with Gasteiger partial charge < -0.3 is 15.4 Å². The van der Waals surface area contributed by atoms with Crippen LogP contribution in [0.1, 0.15) is 36.5 Å². The smallest absolute Gasteiger partial charge is 0.254 e. The minimum Gasteiger partial charge on any atom is -0.376 e. The van der Waals surface area contributed by atoms with Gasteiger partial charge in [0.25, 0.3) is 5.91 Å². The lowest BCUT2D eigenvalue weighted by atomic mass is 10.1. The van der Waals surface area contributed by atoms with Crippen molar-refractivity contribution in [1.82, 2.24) is 10.3 Å². The summed E-state index contributed by atoms with van der Waals surface area (Å²) in [5.41, 5.74) is 0.00626. The summed E-state index contributed by atoms with van der Waals surface area (Å²) in [6.07, 6.45) is 4.56. The largest absolute Gasteiger partial charge is 0.376 e. The SMILES string of the molecule is CCNc1nccc(C(=O)NCC2CCCCO2)c1F. The highest BCUT2D eigenvalue weighted by molar-refractivity contribution is 5.95. The van der Waals surface area contributed by atoms with Crippen molar-refractivity contribution < 1.29 is 13.9 Å². The summed E-state index contributed by atoms with van der Waals surface area (Å²) in [4.78, 5) is 15.9. The Hall–Kier alpha value is -1.69. The topological polar surface area (TPSA) is 63.2 Å². The van der Waals surface area contributed by atoms with Crippen LogP contribution in [0.5, 0.6) is 0 Å². The minimum atomic E-state index is -0.614. The van der Waals surface area contributed by atoms with Crippen LogP contribution in [0.4, 0.5) is 10.2 Å². The van der Waals surface area contributed by atoms with Crippen LogP contribution in [0.3, 0.4) is 0 Å². The number of carbonyl (C=O) groups excluding carboxylic acids is 1. The molecule has 5 nitrogen and oxygen atoms in total. The molecule has 2 N–H and O–H groups in total. The molecule has 0 aliphatic carbocycles. The van der Waals surface area contributed by atoms with Crippen LogP contribution in [0.15, 0.2) is 12.3 Å². The normalized spacial score (nSPS) is 18.6. The molecule has 1 saturated heterocycles. The van der Waals surface area contributed by atoms with Gasteiger partial charge in [0.05, 0.1) is 11.7 Å². The number of hydrogen-bond acceptors (Lipinski definition) is 4. The number of rotatable bonds is 5. The van der Waals surface area contributed by atoms with Crippen molar-refractivity contribution in [2.45, 2.75) is 32.3 Å². The van der Waals surface area contributed by atoms with Crippen molar-refractivity contribution in [3.05, 3.63) is 23.6 Å². The van der Waals surface area contributed by atoms with Crippen LogP contribution in [-0.4, -0.2) is 36.7 Å². The zero-order valence-corrected chi connectivity index (χ0v) is 11.6. The van der Waals surface area contributed by atoms with Gasteiger partial charge in [0.15, 0.2) is 11.6 Å². The Balaban J connectivity index is 1.96. The molecule has 1 amide bonds. The van der Waals surface area contributed by atoms with Gasteiger partial charge in [-0.05, 0) is 32.3 Å². The average Bonchev–Trinajstić information content (AvgIpc) is 2.48. The Morgan fingerprint density at radius 3 is 3.10 bits per heavy atom. The van der Waals surface area contributed by atoms with Gasteiger partial charge in [-0.3, -0.25) is 4.79 Å². The standard InChI is InChI=1S/C14H20FN3O2/c1-2-16-13-12(15)11(6-7-17-13)14(19)18-9-10-5-3-4-8-20-10/h6-7,10H,2-5,8-9H2,1H3,(H,16,17)(H,18,19). The molecular formula is C14H20FN3O2. The molecular weight excluding hydrogens is 261 g/mol. The Morgan fingerprint density at radius 1 is 1.55 bits per heavy atom. The molecule has 2 heterocycles.